The Kier molecular flexibility index (Phi) is 3.62. The van der Waals surface area contributed by atoms with E-state index in [4.69, 9.17) is 4.98 Å². The van der Waals surface area contributed by atoms with Crippen molar-refractivity contribution in [3.05, 3.63) is 90.0 Å². The van der Waals surface area contributed by atoms with Crippen LogP contribution >= 0.6 is 0 Å². The average molecular weight is 309 g/mol. The first-order valence-corrected chi connectivity index (χ1v) is 8.25. The third kappa shape index (κ3) is 2.59. The molecule has 0 fully saturated rings. The highest BCUT2D eigenvalue weighted by molar-refractivity contribution is 5.98. The Balaban J connectivity index is 2.08. The summed E-state index contributed by atoms with van der Waals surface area (Å²) in [6, 6.07) is 27.6. The molecule has 1 heteroatoms. The van der Waals surface area contributed by atoms with Crippen LogP contribution in [0.5, 0.6) is 0 Å². The van der Waals surface area contributed by atoms with Crippen LogP contribution in [0.1, 0.15) is 11.1 Å². The lowest BCUT2D eigenvalue weighted by Crippen LogP contribution is -1.93. The van der Waals surface area contributed by atoms with Crippen molar-refractivity contribution in [3.63, 3.8) is 0 Å². The summed E-state index contributed by atoms with van der Waals surface area (Å²) in [4.78, 5) is 4.97. The van der Waals surface area contributed by atoms with Crippen LogP contribution in [-0.2, 0) is 0 Å². The molecule has 1 heterocycles. The lowest BCUT2D eigenvalue weighted by atomic mass is 9.95. The van der Waals surface area contributed by atoms with Gasteiger partial charge in [-0.2, -0.15) is 0 Å². The molecule has 0 saturated heterocycles. The fraction of sp³-hybridized carbons (Fsp3) is 0.0870. The van der Waals surface area contributed by atoms with Gasteiger partial charge in [-0.25, -0.2) is 4.98 Å². The summed E-state index contributed by atoms with van der Waals surface area (Å²) in [5.41, 5.74) is 8.22. The Morgan fingerprint density at radius 1 is 0.667 bits per heavy atom. The molecule has 0 bridgehead atoms. The zero-order chi connectivity index (χ0) is 16.5. The van der Waals surface area contributed by atoms with Gasteiger partial charge < -0.3 is 0 Å². The number of aromatic nitrogens is 1. The topological polar surface area (TPSA) is 12.9 Å². The highest BCUT2D eigenvalue weighted by Crippen LogP contribution is 2.33. The molecule has 0 aliphatic rings. The minimum atomic E-state index is 1.02. The molecule has 3 aromatic carbocycles. The van der Waals surface area contributed by atoms with E-state index in [1.54, 1.807) is 0 Å². The fourth-order valence-electron chi connectivity index (χ4n) is 3.29. The molecule has 0 amide bonds. The highest BCUT2D eigenvalue weighted by atomic mass is 14.7. The molecule has 0 spiro atoms. The van der Waals surface area contributed by atoms with Crippen molar-refractivity contribution < 1.29 is 0 Å². The Labute approximate surface area is 142 Å². The van der Waals surface area contributed by atoms with E-state index in [0.717, 1.165) is 16.8 Å². The predicted octanol–water partition coefficient (Wildman–Crippen LogP) is 6.19. The molecule has 24 heavy (non-hydrogen) atoms. The maximum absolute atomic E-state index is 4.97. The van der Waals surface area contributed by atoms with Gasteiger partial charge in [0.15, 0.2) is 0 Å². The summed E-state index contributed by atoms with van der Waals surface area (Å²) >= 11 is 0. The van der Waals surface area contributed by atoms with Crippen molar-refractivity contribution in [1.82, 2.24) is 4.98 Å². The molecule has 0 aliphatic carbocycles. The van der Waals surface area contributed by atoms with Crippen LogP contribution < -0.4 is 0 Å². The maximum atomic E-state index is 4.97. The molecule has 4 rings (SSSR count). The lowest BCUT2D eigenvalue weighted by Gasteiger charge is -2.13. The van der Waals surface area contributed by atoms with Crippen molar-refractivity contribution >= 4 is 10.9 Å². The largest absolute Gasteiger partial charge is 0.247 e. The number of fused-ring (bicyclic) bond motifs is 1. The third-order valence-corrected chi connectivity index (χ3v) is 4.40. The average Bonchev–Trinajstić information content (AvgIpc) is 2.62. The molecule has 0 radical (unpaired) electrons. The van der Waals surface area contributed by atoms with Crippen LogP contribution in [0.25, 0.3) is 33.3 Å². The fourth-order valence-corrected chi connectivity index (χ4v) is 3.29. The standard InChI is InChI=1S/C23H19N/c1-16-13-17(2)23-21(14-16)20(18-9-5-3-6-10-18)15-22(24-23)19-11-7-4-8-12-19/h3-15H,1-2H3. The molecular weight excluding hydrogens is 290 g/mol. The van der Waals surface area contributed by atoms with Gasteiger partial charge >= 0.3 is 0 Å². The van der Waals surface area contributed by atoms with Gasteiger partial charge in [-0.05, 0) is 42.7 Å². The second-order valence-electron chi connectivity index (χ2n) is 6.27. The lowest BCUT2D eigenvalue weighted by molar-refractivity contribution is 1.34. The summed E-state index contributed by atoms with van der Waals surface area (Å²) in [5, 5.41) is 1.22. The molecule has 1 aromatic heterocycles. The van der Waals surface area contributed by atoms with Gasteiger partial charge in [0.25, 0.3) is 0 Å². The molecular formula is C23H19N. The Morgan fingerprint density at radius 2 is 1.29 bits per heavy atom. The first-order valence-electron chi connectivity index (χ1n) is 8.25. The van der Waals surface area contributed by atoms with Gasteiger partial charge in [-0.3, -0.25) is 0 Å². The number of nitrogens with zero attached hydrogens (tertiary/aromatic N) is 1. The molecule has 4 aromatic rings. The Morgan fingerprint density at radius 3 is 1.96 bits per heavy atom. The van der Waals surface area contributed by atoms with Crippen LogP contribution in [0.2, 0.25) is 0 Å². The molecule has 1 nitrogen and oxygen atoms in total. The second-order valence-corrected chi connectivity index (χ2v) is 6.27. The quantitative estimate of drug-likeness (QED) is 0.430. The summed E-state index contributed by atoms with van der Waals surface area (Å²) < 4.78 is 0. The van der Waals surface area contributed by atoms with E-state index in [0.29, 0.717) is 0 Å². The molecule has 0 unspecified atom stereocenters. The number of hydrogen-bond donors (Lipinski definition) is 0. The molecule has 116 valence electrons. The van der Waals surface area contributed by atoms with Crippen LogP contribution in [0.3, 0.4) is 0 Å². The van der Waals surface area contributed by atoms with Gasteiger partial charge in [0.1, 0.15) is 0 Å². The van der Waals surface area contributed by atoms with Crippen molar-refractivity contribution in [2.45, 2.75) is 13.8 Å². The normalized spacial score (nSPS) is 10.9. The Hall–Kier alpha value is -2.93. The molecule has 0 saturated carbocycles. The van der Waals surface area contributed by atoms with Crippen LogP contribution in [-0.4, -0.2) is 4.98 Å². The van der Waals surface area contributed by atoms with E-state index in [9.17, 15) is 0 Å². The van der Waals surface area contributed by atoms with Gasteiger partial charge in [-0.15, -0.1) is 0 Å². The molecule has 0 N–H and O–H groups in total. The number of aryl methyl sites for hydroxylation is 2. The number of pyridine rings is 1. The van der Waals surface area contributed by atoms with Gasteiger partial charge in [0.2, 0.25) is 0 Å². The first-order chi connectivity index (χ1) is 11.7. The summed E-state index contributed by atoms with van der Waals surface area (Å²) in [6.07, 6.45) is 0. The van der Waals surface area contributed by atoms with E-state index in [1.165, 1.54) is 27.6 Å². The zero-order valence-corrected chi connectivity index (χ0v) is 14.0. The summed E-state index contributed by atoms with van der Waals surface area (Å²) in [7, 11) is 0. The molecule has 0 atom stereocenters. The number of rotatable bonds is 2. The van der Waals surface area contributed by atoms with Crippen molar-refractivity contribution in [1.29, 1.82) is 0 Å². The van der Waals surface area contributed by atoms with E-state index in [1.807, 2.05) is 6.07 Å². The number of hydrogen-bond acceptors (Lipinski definition) is 1. The SMILES string of the molecule is Cc1cc(C)c2nc(-c3ccccc3)cc(-c3ccccc3)c2c1. The van der Waals surface area contributed by atoms with Crippen molar-refractivity contribution in [3.8, 4) is 22.4 Å². The highest BCUT2D eigenvalue weighted by Gasteiger charge is 2.11. The monoisotopic (exact) mass is 309 g/mol. The predicted molar refractivity (Wildman–Crippen MR) is 102 cm³/mol. The van der Waals surface area contributed by atoms with Crippen LogP contribution in [0.4, 0.5) is 0 Å². The minimum Gasteiger partial charge on any atom is -0.247 e. The van der Waals surface area contributed by atoms with Crippen molar-refractivity contribution in [2.75, 3.05) is 0 Å². The summed E-state index contributed by atoms with van der Waals surface area (Å²) in [5.74, 6) is 0. The van der Waals surface area contributed by atoms with Gasteiger partial charge in [0.05, 0.1) is 11.2 Å². The van der Waals surface area contributed by atoms with E-state index in [-0.39, 0.29) is 0 Å². The minimum absolute atomic E-state index is 1.02. The smallest absolute Gasteiger partial charge is 0.0745 e. The summed E-state index contributed by atoms with van der Waals surface area (Å²) in [6.45, 7) is 4.29. The zero-order valence-electron chi connectivity index (χ0n) is 14.0. The van der Waals surface area contributed by atoms with Gasteiger partial charge in [0, 0.05) is 10.9 Å². The van der Waals surface area contributed by atoms with E-state index < -0.39 is 0 Å². The third-order valence-electron chi connectivity index (χ3n) is 4.40. The van der Waals surface area contributed by atoms with Crippen LogP contribution in [0, 0.1) is 13.8 Å². The van der Waals surface area contributed by atoms with E-state index >= 15 is 0 Å². The Bertz CT molecular complexity index is 1000. The first kappa shape index (κ1) is 14.6. The number of benzene rings is 3. The second kappa shape index (κ2) is 5.93. The van der Waals surface area contributed by atoms with E-state index in [2.05, 4.69) is 86.6 Å². The maximum Gasteiger partial charge on any atom is 0.0745 e. The van der Waals surface area contributed by atoms with Crippen LogP contribution in [0.15, 0.2) is 78.9 Å². The van der Waals surface area contributed by atoms with Crippen molar-refractivity contribution in [2.24, 2.45) is 0 Å². The molecule has 0 aliphatic heterocycles. The van der Waals surface area contributed by atoms with Gasteiger partial charge in [-0.1, -0.05) is 72.3 Å².